The van der Waals surface area contributed by atoms with E-state index >= 15 is 0 Å². The highest BCUT2D eigenvalue weighted by molar-refractivity contribution is 9.10. The highest BCUT2D eigenvalue weighted by Gasteiger charge is 2.07. The van der Waals surface area contributed by atoms with Crippen LogP contribution < -0.4 is 0 Å². The van der Waals surface area contributed by atoms with Crippen molar-refractivity contribution in [3.8, 4) is 0 Å². The molecule has 102 valence electrons. The van der Waals surface area contributed by atoms with Gasteiger partial charge in [-0.05, 0) is 47.2 Å². The van der Waals surface area contributed by atoms with Crippen LogP contribution in [0.5, 0.6) is 0 Å². The second-order valence-corrected chi connectivity index (χ2v) is 6.66. The standard InChI is InChI=1S/C14H16BrNO2S/c1-16(11-12-7-8-14(15)18-12)9-10-19(17)13-5-3-2-4-6-13/h2-8H,9-11H2,1H3/t19-/m0/s1. The molecule has 0 unspecified atom stereocenters. The number of hydrogen-bond donors (Lipinski definition) is 0. The van der Waals surface area contributed by atoms with Gasteiger partial charge in [0.2, 0.25) is 0 Å². The molecule has 0 spiro atoms. The van der Waals surface area contributed by atoms with Gasteiger partial charge in [-0.3, -0.25) is 9.11 Å². The number of nitrogens with zero attached hydrogens (tertiary/aromatic N) is 1. The fourth-order valence-electron chi connectivity index (χ4n) is 1.71. The van der Waals surface area contributed by atoms with Crippen molar-refractivity contribution >= 4 is 26.7 Å². The molecule has 5 heteroatoms. The summed E-state index contributed by atoms with van der Waals surface area (Å²) in [4.78, 5) is 2.99. The molecule has 1 aromatic carbocycles. The molecule has 1 aromatic heterocycles. The molecule has 0 fully saturated rings. The van der Waals surface area contributed by atoms with Crippen molar-refractivity contribution in [1.29, 1.82) is 0 Å². The molecule has 0 radical (unpaired) electrons. The van der Waals surface area contributed by atoms with Crippen LogP contribution >= 0.6 is 15.9 Å². The Balaban J connectivity index is 1.80. The van der Waals surface area contributed by atoms with E-state index in [0.29, 0.717) is 5.75 Å². The van der Waals surface area contributed by atoms with Gasteiger partial charge >= 0.3 is 0 Å². The summed E-state index contributed by atoms with van der Waals surface area (Å²) in [7, 11) is 1.06. The highest BCUT2D eigenvalue weighted by atomic mass is 79.9. The van der Waals surface area contributed by atoms with E-state index in [0.717, 1.165) is 28.4 Å². The second-order valence-electron chi connectivity index (χ2n) is 4.31. The number of rotatable bonds is 6. The van der Waals surface area contributed by atoms with E-state index in [1.54, 1.807) is 0 Å². The van der Waals surface area contributed by atoms with Gasteiger partial charge in [0.25, 0.3) is 0 Å². The normalized spacial score (nSPS) is 12.8. The Hall–Kier alpha value is -0.910. The largest absolute Gasteiger partial charge is 0.453 e. The third kappa shape index (κ3) is 4.60. The maximum absolute atomic E-state index is 12.1. The van der Waals surface area contributed by atoms with Gasteiger partial charge in [0, 0.05) is 17.2 Å². The minimum Gasteiger partial charge on any atom is -0.453 e. The zero-order valence-corrected chi connectivity index (χ0v) is 13.1. The number of hydrogen-bond acceptors (Lipinski definition) is 3. The second kappa shape index (κ2) is 7.03. The van der Waals surface area contributed by atoms with Crippen molar-refractivity contribution in [2.75, 3.05) is 19.3 Å². The molecule has 0 saturated carbocycles. The van der Waals surface area contributed by atoms with Crippen molar-refractivity contribution in [2.24, 2.45) is 0 Å². The molecule has 0 bridgehead atoms. The Morgan fingerprint density at radius 3 is 2.58 bits per heavy atom. The van der Waals surface area contributed by atoms with E-state index in [2.05, 4.69) is 20.8 Å². The fourth-order valence-corrected chi connectivity index (χ4v) is 3.22. The summed E-state index contributed by atoms with van der Waals surface area (Å²) in [6.07, 6.45) is 0. The lowest BCUT2D eigenvalue weighted by molar-refractivity contribution is 0.307. The Morgan fingerprint density at radius 1 is 1.21 bits per heavy atom. The molecule has 1 atom stereocenters. The first-order valence-electron chi connectivity index (χ1n) is 6.01. The van der Waals surface area contributed by atoms with Gasteiger partial charge in [-0.25, -0.2) is 0 Å². The van der Waals surface area contributed by atoms with Crippen LogP contribution in [0.15, 0.2) is 56.4 Å². The smallest absolute Gasteiger partial charge is 0.169 e. The van der Waals surface area contributed by atoms with E-state index < -0.39 is 10.8 Å². The first-order valence-corrected chi connectivity index (χ1v) is 8.12. The molecule has 0 amide bonds. The van der Waals surface area contributed by atoms with Gasteiger partial charge in [-0.15, -0.1) is 0 Å². The molecular formula is C14H16BrNO2S. The average Bonchev–Trinajstić information content (AvgIpc) is 2.82. The predicted octanol–water partition coefficient (Wildman–Crippen LogP) is 3.28. The zero-order chi connectivity index (χ0) is 13.7. The number of halogens is 1. The Labute approximate surface area is 124 Å². The summed E-state index contributed by atoms with van der Waals surface area (Å²) in [6, 6.07) is 13.4. The van der Waals surface area contributed by atoms with Gasteiger partial charge in [0.15, 0.2) is 4.67 Å². The van der Waals surface area contributed by atoms with Crippen LogP contribution in [-0.4, -0.2) is 28.5 Å². The summed E-state index contributed by atoms with van der Waals surface area (Å²) in [5.74, 6) is 1.53. The highest BCUT2D eigenvalue weighted by Crippen LogP contribution is 2.15. The molecule has 0 aliphatic carbocycles. The molecule has 0 aliphatic heterocycles. The summed E-state index contributed by atoms with van der Waals surface area (Å²) >= 11 is 3.28. The molecule has 0 aliphatic rings. The van der Waals surface area contributed by atoms with Crippen LogP contribution in [-0.2, 0) is 17.3 Å². The summed E-state index contributed by atoms with van der Waals surface area (Å²) in [5.41, 5.74) is 0. The lowest BCUT2D eigenvalue weighted by atomic mass is 10.4. The summed E-state index contributed by atoms with van der Waals surface area (Å²) in [5, 5.41) is 0. The lowest BCUT2D eigenvalue weighted by Crippen LogP contribution is -2.23. The summed E-state index contributed by atoms with van der Waals surface area (Å²) < 4.78 is 18.2. The monoisotopic (exact) mass is 341 g/mol. The molecule has 0 N–H and O–H groups in total. The molecule has 2 aromatic rings. The van der Waals surface area contributed by atoms with Crippen molar-refractivity contribution in [2.45, 2.75) is 11.4 Å². The van der Waals surface area contributed by atoms with Crippen molar-refractivity contribution in [1.82, 2.24) is 4.90 Å². The van der Waals surface area contributed by atoms with Crippen molar-refractivity contribution in [3.63, 3.8) is 0 Å². The lowest BCUT2D eigenvalue weighted by Gasteiger charge is -2.14. The average molecular weight is 342 g/mol. The minimum absolute atomic E-state index is 0.627. The third-order valence-corrected chi connectivity index (χ3v) is 4.50. The van der Waals surface area contributed by atoms with E-state index in [-0.39, 0.29) is 0 Å². The molecule has 3 nitrogen and oxygen atoms in total. The van der Waals surface area contributed by atoms with Crippen LogP contribution in [0.25, 0.3) is 0 Å². The Morgan fingerprint density at radius 2 is 1.95 bits per heavy atom. The first-order chi connectivity index (χ1) is 9.15. The predicted molar refractivity (Wildman–Crippen MR) is 80.5 cm³/mol. The van der Waals surface area contributed by atoms with Crippen molar-refractivity contribution in [3.05, 3.63) is 52.9 Å². The van der Waals surface area contributed by atoms with Gasteiger partial charge in [0.05, 0.1) is 17.3 Å². The Bertz CT molecular complexity index is 541. The van der Waals surface area contributed by atoms with Crippen LogP contribution in [0, 0.1) is 0 Å². The van der Waals surface area contributed by atoms with E-state index in [1.807, 2.05) is 49.5 Å². The van der Waals surface area contributed by atoms with E-state index in [4.69, 9.17) is 4.42 Å². The zero-order valence-electron chi connectivity index (χ0n) is 10.7. The van der Waals surface area contributed by atoms with E-state index in [1.165, 1.54) is 0 Å². The van der Waals surface area contributed by atoms with Crippen LogP contribution in [0.3, 0.4) is 0 Å². The van der Waals surface area contributed by atoms with Crippen LogP contribution in [0.4, 0.5) is 0 Å². The Kier molecular flexibility index (Phi) is 5.36. The fraction of sp³-hybridized carbons (Fsp3) is 0.286. The SMILES string of the molecule is CN(CC[S@](=O)c1ccccc1)Cc1ccc(Br)o1. The first kappa shape index (κ1) is 14.5. The van der Waals surface area contributed by atoms with Crippen molar-refractivity contribution < 1.29 is 8.63 Å². The molecule has 0 saturated heterocycles. The quantitative estimate of drug-likeness (QED) is 0.808. The van der Waals surface area contributed by atoms with Crippen LogP contribution in [0.1, 0.15) is 5.76 Å². The van der Waals surface area contributed by atoms with Gasteiger partial charge in [0.1, 0.15) is 5.76 Å². The molecule has 1 heterocycles. The van der Waals surface area contributed by atoms with Gasteiger partial charge < -0.3 is 4.42 Å². The number of benzene rings is 1. The summed E-state index contributed by atoms with van der Waals surface area (Å²) in [6.45, 7) is 1.48. The van der Waals surface area contributed by atoms with Crippen LogP contribution in [0.2, 0.25) is 0 Å². The van der Waals surface area contributed by atoms with Gasteiger partial charge in [-0.2, -0.15) is 0 Å². The minimum atomic E-state index is -0.938. The van der Waals surface area contributed by atoms with Gasteiger partial charge in [-0.1, -0.05) is 18.2 Å². The molecular weight excluding hydrogens is 326 g/mol. The molecule has 19 heavy (non-hydrogen) atoms. The maximum atomic E-state index is 12.1. The molecule has 2 rings (SSSR count). The number of furan rings is 1. The topological polar surface area (TPSA) is 33.5 Å². The third-order valence-electron chi connectivity index (χ3n) is 2.72. The van der Waals surface area contributed by atoms with E-state index in [9.17, 15) is 4.21 Å². The maximum Gasteiger partial charge on any atom is 0.169 e.